The van der Waals surface area contributed by atoms with Gasteiger partial charge in [-0.05, 0) is 42.5 Å². The van der Waals surface area contributed by atoms with Gasteiger partial charge in [-0.15, -0.1) is 0 Å². The van der Waals surface area contributed by atoms with Gasteiger partial charge in [-0.2, -0.15) is 13.2 Å². The first kappa shape index (κ1) is 22.9. The van der Waals surface area contributed by atoms with E-state index in [1.165, 1.54) is 56.6 Å². The predicted molar refractivity (Wildman–Crippen MR) is 108 cm³/mol. The average Bonchev–Trinajstić information content (AvgIpc) is 3.12. The van der Waals surface area contributed by atoms with Crippen LogP contribution in [0.25, 0.3) is 10.2 Å². The Morgan fingerprint density at radius 1 is 1.19 bits per heavy atom. The van der Waals surface area contributed by atoms with E-state index in [1.807, 2.05) is 0 Å². The van der Waals surface area contributed by atoms with Crippen molar-refractivity contribution in [3.63, 3.8) is 0 Å². The van der Waals surface area contributed by atoms with Gasteiger partial charge >= 0.3 is 6.18 Å². The Labute approximate surface area is 179 Å². The fourth-order valence-corrected chi connectivity index (χ4v) is 4.27. The number of benzene rings is 2. The molecule has 0 bridgehead atoms. The Hall–Kier alpha value is -2.74. The number of ether oxygens (including phenoxy) is 1. The summed E-state index contributed by atoms with van der Waals surface area (Å²) in [6.07, 6.45) is -4.45. The third kappa shape index (κ3) is 5.50. The maximum absolute atomic E-state index is 12.4. The van der Waals surface area contributed by atoms with E-state index in [0.717, 1.165) is 11.3 Å². The molecule has 31 heavy (non-hydrogen) atoms. The lowest BCUT2D eigenvalue weighted by Gasteiger charge is -2.14. The molecule has 0 aliphatic carbocycles. The maximum Gasteiger partial charge on any atom is 0.422 e. The second-order valence-electron chi connectivity index (χ2n) is 6.13. The highest BCUT2D eigenvalue weighted by Gasteiger charge is 2.28. The fourth-order valence-electron chi connectivity index (χ4n) is 2.41. The summed E-state index contributed by atoms with van der Waals surface area (Å²) < 4.78 is 67.2. The predicted octanol–water partition coefficient (Wildman–Crippen LogP) is 3.67. The zero-order valence-electron chi connectivity index (χ0n) is 16.1. The number of thiazole rings is 1. The topological polar surface area (TPSA) is 97.8 Å². The molecule has 0 unspecified atom stereocenters. The van der Waals surface area contributed by atoms with E-state index in [4.69, 9.17) is 4.74 Å². The molecule has 2 aromatic carbocycles. The molecule has 0 fully saturated rings. The number of alkyl halides is 3. The number of rotatable bonds is 7. The second-order valence-corrected chi connectivity index (χ2v) is 9.09. The van der Waals surface area contributed by atoms with Gasteiger partial charge in [-0.1, -0.05) is 15.8 Å². The third-order valence-electron chi connectivity index (χ3n) is 3.99. The molecule has 1 aromatic heterocycles. The van der Waals surface area contributed by atoms with Crippen molar-refractivity contribution in [1.29, 1.82) is 0 Å². The van der Waals surface area contributed by atoms with Gasteiger partial charge in [0.15, 0.2) is 11.7 Å². The van der Waals surface area contributed by atoms with Crippen LogP contribution in [0.4, 0.5) is 18.3 Å². The van der Waals surface area contributed by atoms with Crippen molar-refractivity contribution < 1.29 is 36.0 Å². The van der Waals surface area contributed by atoms with Gasteiger partial charge in [0.1, 0.15) is 5.75 Å². The molecule has 1 heterocycles. The van der Waals surface area contributed by atoms with Gasteiger partial charge in [0, 0.05) is 12.6 Å². The summed E-state index contributed by atoms with van der Waals surface area (Å²) in [5.41, 5.74) is 0.663. The van der Waals surface area contributed by atoms with Crippen molar-refractivity contribution in [2.24, 2.45) is 0 Å². The zero-order valence-corrected chi connectivity index (χ0v) is 17.8. The molecule has 1 amide bonds. The van der Waals surface area contributed by atoms with Crippen LogP contribution in [0.15, 0.2) is 47.4 Å². The van der Waals surface area contributed by atoms with Crippen LogP contribution in [-0.2, 0) is 14.9 Å². The Bertz CT molecular complexity index is 1190. The first-order valence-electron chi connectivity index (χ1n) is 8.54. The molecule has 0 aliphatic heterocycles. The third-order valence-corrected chi connectivity index (χ3v) is 6.62. The van der Waals surface area contributed by atoms with Crippen molar-refractivity contribution in [3.8, 4) is 5.75 Å². The molecule has 0 spiro atoms. The normalized spacial score (nSPS) is 12.3. The summed E-state index contributed by atoms with van der Waals surface area (Å²) in [5, 5.41) is 2.80. The second kappa shape index (κ2) is 8.78. The summed E-state index contributed by atoms with van der Waals surface area (Å²) in [7, 11) is -1.39. The largest absolute Gasteiger partial charge is 0.484 e. The number of carbonyl (C=O) groups is 1. The molecular formula is C18H16F3N3O5S2. The standard InChI is InChI=1S/C18H16F3N3O5S2/c1-24(28-2)31(26,27)13-6-3-11(4-7-13)16(25)23-17-22-14-8-5-12(9-15(14)30-17)29-10-18(19,20)21/h3-9H,10H2,1-2H3,(H,22,23,25). The van der Waals surface area contributed by atoms with E-state index in [1.54, 1.807) is 0 Å². The van der Waals surface area contributed by atoms with Gasteiger partial charge in [0.25, 0.3) is 15.9 Å². The quantitative estimate of drug-likeness (QED) is 0.524. The van der Waals surface area contributed by atoms with Crippen molar-refractivity contribution in [2.75, 3.05) is 26.1 Å². The Balaban J connectivity index is 1.72. The van der Waals surface area contributed by atoms with Crippen LogP contribution < -0.4 is 10.1 Å². The summed E-state index contributed by atoms with van der Waals surface area (Å²) in [5.74, 6) is -0.499. The van der Waals surface area contributed by atoms with E-state index in [0.29, 0.717) is 14.7 Å². The molecule has 0 radical (unpaired) electrons. The molecule has 0 atom stereocenters. The SMILES string of the molecule is CON(C)S(=O)(=O)c1ccc(C(=O)Nc2nc3ccc(OCC(F)(F)F)cc3s2)cc1. The summed E-state index contributed by atoms with van der Waals surface area (Å²) in [4.78, 5) is 21.3. The summed E-state index contributed by atoms with van der Waals surface area (Å²) in [6, 6.07) is 9.45. The zero-order chi connectivity index (χ0) is 22.8. The number of amides is 1. The molecule has 0 saturated carbocycles. The number of fused-ring (bicyclic) bond motifs is 1. The van der Waals surface area contributed by atoms with E-state index < -0.39 is 28.7 Å². The van der Waals surface area contributed by atoms with Crippen LogP contribution in [0, 0.1) is 0 Å². The van der Waals surface area contributed by atoms with Crippen LogP contribution >= 0.6 is 11.3 Å². The van der Waals surface area contributed by atoms with E-state index in [9.17, 15) is 26.4 Å². The number of sulfonamides is 1. The van der Waals surface area contributed by atoms with Crippen LogP contribution in [-0.4, -0.2) is 50.7 Å². The van der Waals surface area contributed by atoms with Gasteiger partial charge in [0.2, 0.25) is 0 Å². The Kier molecular flexibility index (Phi) is 6.50. The number of hydrogen-bond donors (Lipinski definition) is 1. The number of aromatic nitrogens is 1. The van der Waals surface area contributed by atoms with Gasteiger partial charge < -0.3 is 4.74 Å². The molecule has 3 rings (SSSR count). The van der Waals surface area contributed by atoms with Crippen molar-refractivity contribution in [2.45, 2.75) is 11.1 Å². The lowest BCUT2D eigenvalue weighted by molar-refractivity contribution is -0.153. The number of carbonyl (C=O) groups excluding carboxylic acids is 1. The highest BCUT2D eigenvalue weighted by molar-refractivity contribution is 7.89. The lowest BCUT2D eigenvalue weighted by atomic mass is 10.2. The van der Waals surface area contributed by atoms with Crippen LogP contribution in [0.2, 0.25) is 0 Å². The van der Waals surface area contributed by atoms with E-state index in [2.05, 4.69) is 15.1 Å². The Morgan fingerprint density at radius 3 is 2.48 bits per heavy atom. The number of nitrogens with zero attached hydrogens (tertiary/aromatic N) is 2. The molecule has 8 nitrogen and oxygen atoms in total. The molecule has 0 saturated heterocycles. The van der Waals surface area contributed by atoms with Crippen molar-refractivity contribution >= 4 is 42.6 Å². The van der Waals surface area contributed by atoms with Gasteiger partial charge in [-0.3, -0.25) is 14.9 Å². The molecule has 0 aliphatic rings. The van der Waals surface area contributed by atoms with Crippen molar-refractivity contribution in [3.05, 3.63) is 48.0 Å². The molecule has 13 heteroatoms. The highest BCUT2D eigenvalue weighted by Crippen LogP contribution is 2.30. The average molecular weight is 475 g/mol. The van der Waals surface area contributed by atoms with Crippen molar-refractivity contribution in [1.82, 2.24) is 9.45 Å². The number of halogens is 3. The van der Waals surface area contributed by atoms with E-state index in [-0.39, 0.29) is 21.3 Å². The number of hydroxylamine groups is 1. The lowest BCUT2D eigenvalue weighted by Crippen LogP contribution is -2.25. The molecular weight excluding hydrogens is 459 g/mol. The minimum Gasteiger partial charge on any atom is -0.484 e. The van der Waals surface area contributed by atoms with Gasteiger partial charge in [-0.25, -0.2) is 13.4 Å². The van der Waals surface area contributed by atoms with Crippen LogP contribution in [0.5, 0.6) is 5.75 Å². The number of nitrogens with one attached hydrogen (secondary N) is 1. The molecule has 1 N–H and O–H groups in total. The smallest absolute Gasteiger partial charge is 0.422 e. The summed E-state index contributed by atoms with van der Waals surface area (Å²) in [6.45, 7) is -1.41. The van der Waals surface area contributed by atoms with Gasteiger partial charge in [0.05, 0.1) is 22.2 Å². The Morgan fingerprint density at radius 2 is 1.87 bits per heavy atom. The first-order chi connectivity index (χ1) is 14.5. The minimum atomic E-state index is -4.45. The molecule has 166 valence electrons. The molecule has 3 aromatic rings. The summed E-state index contributed by atoms with van der Waals surface area (Å²) >= 11 is 1.06. The number of anilines is 1. The fraction of sp³-hybridized carbons (Fsp3) is 0.222. The van der Waals surface area contributed by atoms with Crippen LogP contribution in [0.3, 0.4) is 0 Å². The first-order valence-corrected chi connectivity index (χ1v) is 10.8. The van der Waals surface area contributed by atoms with E-state index >= 15 is 0 Å². The minimum absolute atomic E-state index is 0.0316. The number of hydrogen-bond acceptors (Lipinski definition) is 7. The highest BCUT2D eigenvalue weighted by atomic mass is 32.2. The maximum atomic E-state index is 12.4. The van der Waals surface area contributed by atoms with Crippen LogP contribution in [0.1, 0.15) is 10.4 Å². The monoisotopic (exact) mass is 475 g/mol.